The van der Waals surface area contributed by atoms with Crippen molar-refractivity contribution in [1.29, 1.82) is 0 Å². The summed E-state index contributed by atoms with van der Waals surface area (Å²) in [5.41, 5.74) is 2.45. The first-order valence-electron chi connectivity index (χ1n) is 8.95. The Morgan fingerprint density at radius 1 is 1.31 bits per heavy atom. The zero-order valence-electron chi connectivity index (χ0n) is 15.2. The molecule has 3 amide bonds. The molecule has 0 bridgehead atoms. The molecule has 2 heterocycles. The van der Waals surface area contributed by atoms with Gasteiger partial charge in [0, 0.05) is 31.2 Å². The number of hydrogen-bond donors (Lipinski definition) is 3. The number of hydrogen-bond acceptors (Lipinski definition) is 4. The maximum absolute atomic E-state index is 12.3. The predicted octanol–water partition coefficient (Wildman–Crippen LogP) is 1.88. The number of carbonyl (C=O) groups excluding carboxylic acids is 2. The zero-order chi connectivity index (χ0) is 18.5. The first-order chi connectivity index (χ1) is 12.6. The highest BCUT2D eigenvalue weighted by Crippen LogP contribution is 2.22. The third-order valence-corrected chi connectivity index (χ3v) is 4.69. The molecule has 1 aromatic carbocycles. The van der Waals surface area contributed by atoms with Gasteiger partial charge in [-0.3, -0.25) is 14.7 Å². The highest BCUT2D eigenvalue weighted by molar-refractivity contribution is 6.00. The van der Waals surface area contributed by atoms with Crippen molar-refractivity contribution in [2.24, 2.45) is 0 Å². The topological polar surface area (TPSA) is 86.4 Å². The molecule has 3 rings (SSSR count). The van der Waals surface area contributed by atoms with Crippen molar-refractivity contribution in [3.05, 3.63) is 36.0 Å². The van der Waals surface area contributed by atoms with Crippen molar-refractivity contribution in [3.63, 3.8) is 0 Å². The number of aromatic nitrogens is 1. The summed E-state index contributed by atoms with van der Waals surface area (Å²) < 4.78 is 0. The number of para-hydroxylation sites is 1. The number of carbonyl (C=O) groups is 2. The third-order valence-electron chi connectivity index (χ3n) is 4.69. The van der Waals surface area contributed by atoms with Gasteiger partial charge in [-0.25, -0.2) is 4.79 Å². The van der Waals surface area contributed by atoms with Crippen LogP contribution in [-0.4, -0.2) is 54.5 Å². The first kappa shape index (κ1) is 18.1. The normalized spacial score (nSPS) is 17.2. The van der Waals surface area contributed by atoms with Gasteiger partial charge in [-0.1, -0.05) is 18.2 Å². The van der Waals surface area contributed by atoms with Crippen LogP contribution < -0.4 is 16.0 Å². The average Bonchev–Trinajstić information content (AvgIpc) is 3.09. The Bertz CT molecular complexity index is 808. The first-order valence-corrected chi connectivity index (χ1v) is 8.95. The van der Waals surface area contributed by atoms with E-state index in [0.29, 0.717) is 13.1 Å². The number of rotatable bonds is 5. The maximum Gasteiger partial charge on any atom is 0.319 e. The number of benzene rings is 1. The van der Waals surface area contributed by atoms with Gasteiger partial charge in [-0.15, -0.1) is 0 Å². The molecule has 1 fully saturated rings. The van der Waals surface area contributed by atoms with Gasteiger partial charge in [0.25, 0.3) is 0 Å². The minimum Gasteiger partial charge on any atom is -0.358 e. The number of nitrogens with one attached hydrogen (secondary N) is 3. The molecule has 1 unspecified atom stereocenters. The van der Waals surface area contributed by atoms with Gasteiger partial charge in [-0.05, 0) is 38.4 Å². The third kappa shape index (κ3) is 4.11. The number of pyridine rings is 1. The molecule has 0 radical (unpaired) electrons. The summed E-state index contributed by atoms with van der Waals surface area (Å²) in [6.45, 7) is 3.93. The lowest BCUT2D eigenvalue weighted by Gasteiger charge is -2.23. The van der Waals surface area contributed by atoms with E-state index in [9.17, 15) is 9.59 Å². The number of nitrogens with zero attached hydrogens (tertiary/aromatic N) is 2. The van der Waals surface area contributed by atoms with Gasteiger partial charge in [0.2, 0.25) is 5.91 Å². The Balaban J connectivity index is 1.56. The Kier molecular flexibility index (Phi) is 5.68. The van der Waals surface area contributed by atoms with E-state index >= 15 is 0 Å². The van der Waals surface area contributed by atoms with Crippen LogP contribution in [0, 0.1) is 6.92 Å². The van der Waals surface area contributed by atoms with Crippen LogP contribution in [0.2, 0.25) is 0 Å². The van der Waals surface area contributed by atoms with E-state index in [1.807, 2.05) is 37.3 Å². The van der Waals surface area contributed by atoms with E-state index in [0.717, 1.165) is 41.7 Å². The van der Waals surface area contributed by atoms with Crippen LogP contribution in [0.3, 0.4) is 0 Å². The molecular weight excluding hydrogens is 330 g/mol. The summed E-state index contributed by atoms with van der Waals surface area (Å²) >= 11 is 0. The summed E-state index contributed by atoms with van der Waals surface area (Å²) in [7, 11) is 1.66. The van der Waals surface area contributed by atoms with Gasteiger partial charge < -0.3 is 16.0 Å². The Hall–Kier alpha value is -2.67. The maximum atomic E-state index is 12.3. The van der Waals surface area contributed by atoms with Crippen LogP contribution >= 0.6 is 0 Å². The quantitative estimate of drug-likeness (QED) is 0.764. The number of aryl methyl sites for hydroxylation is 1. The van der Waals surface area contributed by atoms with Gasteiger partial charge in [-0.2, -0.15) is 0 Å². The van der Waals surface area contributed by atoms with Crippen LogP contribution in [0.1, 0.15) is 18.5 Å². The van der Waals surface area contributed by atoms with Crippen molar-refractivity contribution >= 4 is 28.5 Å². The minimum atomic E-state index is -0.253. The fraction of sp³-hybridized carbons (Fsp3) is 0.421. The second kappa shape index (κ2) is 8.14. The minimum absolute atomic E-state index is 0.0469. The van der Waals surface area contributed by atoms with Gasteiger partial charge in [0.05, 0.1) is 17.2 Å². The summed E-state index contributed by atoms with van der Waals surface area (Å²) in [5.74, 6) is 0.0469. The summed E-state index contributed by atoms with van der Waals surface area (Å²) in [6.07, 6.45) is 1.88. The number of likely N-dealkylation sites (N-methyl/N-ethyl adjacent to an activating group) is 1. The number of amides is 3. The molecule has 0 aliphatic carbocycles. The fourth-order valence-corrected chi connectivity index (χ4v) is 3.45. The number of anilines is 1. The standard InChI is InChI=1S/C19H25N5O2/c1-13-12-16(14-6-3-4-7-15(14)22-13)23-19(26)21-9-11-24-10-5-8-17(24)18(25)20-2/h3-4,6-7,12,17H,5,8-11H2,1-2H3,(H,20,25)(H2,21,22,23,26). The molecule has 7 heteroatoms. The van der Waals surface area contributed by atoms with Crippen LogP contribution in [0.5, 0.6) is 0 Å². The second-order valence-corrected chi connectivity index (χ2v) is 6.52. The lowest BCUT2D eigenvalue weighted by atomic mass is 10.1. The van der Waals surface area contributed by atoms with E-state index in [4.69, 9.17) is 0 Å². The fourth-order valence-electron chi connectivity index (χ4n) is 3.45. The SMILES string of the molecule is CNC(=O)C1CCCN1CCNC(=O)Nc1cc(C)nc2ccccc12. The van der Waals surface area contributed by atoms with E-state index in [-0.39, 0.29) is 18.0 Å². The highest BCUT2D eigenvalue weighted by atomic mass is 16.2. The molecule has 26 heavy (non-hydrogen) atoms. The average molecular weight is 355 g/mol. The summed E-state index contributed by atoms with van der Waals surface area (Å²) in [5, 5.41) is 9.40. The molecule has 7 nitrogen and oxygen atoms in total. The van der Waals surface area contributed by atoms with Crippen molar-refractivity contribution in [2.45, 2.75) is 25.8 Å². The van der Waals surface area contributed by atoms with Crippen molar-refractivity contribution < 1.29 is 9.59 Å². The van der Waals surface area contributed by atoms with Crippen molar-refractivity contribution in [1.82, 2.24) is 20.5 Å². The van der Waals surface area contributed by atoms with Crippen molar-refractivity contribution in [3.8, 4) is 0 Å². The molecule has 1 aliphatic rings. The molecule has 2 aromatic rings. The molecule has 1 aromatic heterocycles. The van der Waals surface area contributed by atoms with Crippen LogP contribution in [0.4, 0.5) is 10.5 Å². The predicted molar refractivity (Wildman–Crippen MR) is 102 cm³/mol. The highest BCUT2D eigenvalue weighted by Gasteiger charge is 2.29. The molecule has 0 spiro atoms. The smallest absolute Gasteiger partial charge is 0.319 e. The van der Waals surface area contributed by atoms with Crippen LogP contribution in [0.25, 0.3) is 10.9 Å². The molecular formula is C19H25N5O2. The molecule has 3 N–H and O–H groups in total. The molecule has 138 valence electrons. The van der Waals surface area contributed by atoms with Crippen LogP contribution in [0.15, 0.2) is 30.3 Å². The van der Waals surface area contributed by atoms with E-state index in [1.54, 1.807) is 7.05 Å². The van der Waals surface area contributed by atoms with Crippen molar-refractivity contribution in [2.75, 3.05) is 32.0 Å². The molecule has 1 saturated heterocycles. The van der Waals surface area contributed by atoms with E-state index in [2.05, 4.69) is 25.8 Å². The number of likely N-dealkylation sites (tertiary alicyclic amines) is 1. The zero-order valence-corrected chi connectivity index (χ0v) is 15.2. The monoisotopic (exact) mass is 355 g/mol. The van der Waals surface area contributed by atoms with E-state index in [1.165, 1.54) is 0 Å². The molecule has 1 aliphatic heterocycles. The summed E-state index contributed by atoms with van der Waals surface area (Å²) in [4.78, 5) is 30.7. The Labute approximate surface area is 153 Å². The van der Waals surface area contributed by atoms with E-state index < -0.39 is 0 Å². The van der Waals surface area contributed by atoms with Gasteiger partial charge in [0.15, 0.2) is 0 Å². The Morgan fingerprint density at radius 2 is 2.12 bits per heavy atom. The van der Waals surface area contributed by atoms with Gasteiger partial charge in [0.1, 0.15) is 0 Å². The number of fused-ring (bicyclic) bond motifs is 1. The number of urea groups is 1. The van der Waals surface area contributed by atoms with Crippen LogP contribution in [-0.2, 0) is 4.79 Å². The Morgan fingerprint density at radius 3 is 2.92 bits per heavy atom. The summed E-state index contributed by atoms with van der Waals surface area (Å²) in [6, 6.07) is 9.25. The molecule has 1 atom stereocenters. The second-order valence-electron chi connectivity index (χ2n) is 6.52. The lowest BCUT2D eigenvalue weighted by molar-refractivity contribution is -0.124. The molecule has 0 saturated carbocycles. The van der Waals surface area contributed by atoms with Gasteiger partial charge >= 0.3 is 6.03 Å². The lowest BCUT2D eigenvalue weighted by Crippen LogP contribution is -2.45. The largest absolute Gasteiger partial charge is 0.358 e.